The molecule has 0 amide bonds. The number of ketones is 2. The molecule has 2 fully saturated rings. The number of nitrogens with zero attached hydrogens (tertiary/aromatic N) is 4. The first-order valence-electron chi connectivity index (χ1n) is 16.4. The molecular formula is C34H52N4O7. The van der Waals surface area contributed by atoms with Gasteiger partial charge in [0.25, 0.3) is 0 Å². The summed E-state index contributed by atoms with van der Waals surface area (Å²) >= 11 is 0. The van der Waals surface area contributed by atoms with E-state index in [2.05, 4.69) is 9.97 Å². The van der Waals surface area contributed by atoms with Crippen molar-refractivity contribution >= 4 is 28.7 Å². The molecule has 11 nitrogen and oxygen atoms in total. The lowest BCUT2D eigenvalue weighted by molar-refractivity contribution is -0.208. The van der Waals surface area contributed by atoms with Crippen molar-refractivity contribution in [2.24, 2.45) is 29.6 Å². The number of Topliss-reactive ketones (excluding diaryl/α,β-unsaturated/α-hetero) is 2. The molecule has 250 valence electrons. The fourth-order valence-corrected chi connectivity index (χ4v) is 7.67. The molecule has 2 aliphatic heterocycles. The predicted octanol–water partition coefficient (Wildman–Crippen LogP) is 4.40. The maximum atomic E-state index is 14.2. The van der Waals surface area contributed by atoms with Gasteiger partial charge < -0.3 is 23.9 Å². The van der Waals surface area contributed by atoms with Gasteiger partial charge in [-0.15, -0.1) is 0 Å². The van der Waals surface area contributed by atoms with Crippen LogP contribution in [0.1, 0.15) is 81.1 Å². The number of aliphatic hydroxyl groups excluding tert-OH is 1. The first-order chi connectivity index (χ1) is 21.2. The standard InChI is InChI=1S/C34H52N4O7/c1-10-26-34(8)29(38(32(42)45-34)17-12-11-16-37-19-36-25-14-13-15-35-30(25)37)22(4)27(39)20(2)18-33(7,43-9)24(6)21(3)28(40)23(5)31(41)44-26/h13-15,19-24,26,29,32,42H,10-12,16-18H2,1-9H3/t20-,21-,22+,23-,24-,26-,29-,32?,33-,34-/m1/s1. The number of hydrogen-bond acceptors (Lipinski definition) is 10. The summed E-state index contributed by atoms with van der Waals surface area (Å²) < 4.78 is 20.3. The molecule has 1 N–H and O–H groups in total. The van der Waals surface area contributed by atoms with E-state index in [1.165, 1.54) is 0 Å². The summed E-state index contributed by atoms with van der Waals surface area (Å²) in [6.07, 6.45) is 3.70. The van der Waals surface area contributed by atoms with Crippen molar-refractivity contribution in [3.63, 3.8) is 0 Å². The molecule has 0 spiro atoms. The Bertz CT molecular complexity index is 1370. The number of carbonyl (C=O) groups excluding carboxylic acids is 3. The Kier molecular flexibility index (Phi) is 10.9. The van der Waals surface area contributed by atoms with Gasteiger partial charge in [-0.25, -0.2) is 14.9 Å². The quantitative estimate of drug-likeness (QED) is 0.267. The van der Waals surface area contributed by atoms with Crippen LogP contribution in [0.25, 0.3) is 11.2 Å². The molecule has 2 aliphatic rings. The molecule has 2 saturated heterocycles. The van der Waals surface area contributed by atoms with Crippen LogP contribution in [-0.2, 0) is 35.1 Å². The Morgan fingerprint density at radius 2 is 1.71 bits per heavy atom. The van der Waals surface area contributed by atoms with Crippen LogP contribution >= 0.6 is 0 Å². The van der Waals surface area contributed by atoms with Crippen molar-refractivity contribution in [1.82, 2.24) is 19.4 Å². The summed E-state index contributed by atoms with van der Waals surface area (Å²) in [5.74, 6) is -3.57. The number of hydrogen-bond donors (Lipinski definition) is 1. The molecule has 4 heterocycles. The monoisotopic (exact) mass is 628 g/mol. The van der Waals surface area contributed by atoms with E-state index in [1.54, 1.807) is 26.6 Å². The van der Waals surface area contributed by atoms with Crippen LogP contribution in [0, 0.1) is 29.6 Å². The molecule has 0 aromatic carbocycles. The summed E-state index contributed by atoms with van der Waals surface area (Å²) in [6.45, 7) is 15.9. The third kappa shape index (κ3) is 6.73. The van der Waals surface area contributed by atoms with Crippen LogP contribution in [0.15, 0.2) is 24.7 Å². The average Bonchev–Trinajstić information content (AvgIpc) is 3.56. The highest BCUT2D eigenvalue weighted by Crippen LogP contribution is 2.43. The minimum absolute atomic E-state index is 0.00551. The normalized spacial score (nSPS) is 37.4. The van der Waals surface area contributed by atoms with E-state index in [0.29, 0.717) is 32.4 Å². The van der Waals surface area contributed by atoms with Crippen molar-refractivity contribution in [3.05, 3.63) is 24.7 Å². The number of pyridine rings is 1. The minimum Gasteiger partial charge on any atom is -0.459 e. The number of aromatic nitrogens is 3. The fourth-order valence-electron chi connectivity index (χ4n) is 7.67. The first-order valence-corrected chi connectivity index (χ1v) is 16.4. The number of carbonyl (C=O) groups is 3. The Morgan fingerprint density at radius 3 is 2.38 bits per heavy atom. The number of aliphatic hydroxyl groups is 1. The number of unbranched alkanes of at least 4 members (excludes halogenated alkanes) is 1. The average molecular weight is 629 g/mol. The van der Waals surface area contributed by atoms with Gasteiger partial charge in [0.2, 0.25) is 6.41 Å². The number of imidazole rings is 1. The van der Waals surface area contributed by atoms with Gasteiger partial charge in [-0.05, 0) is 64.5 Å². The molecule has 2 aromatic rings. The summed E-state index contributed by atoms with van der Waals surface area (Å²) in [5.41, 5.74) is -0.340. The van der Waals surface area contributed by atoms with Crippen molar-refractivity contribution in [2.75, 3.05) is 13.7 Å². The number of rotatable bonds is 7. The number of aryl methyl sites for hydroxylation is 1. The van der Waals surface area contributed by atoms with Gasteiger partial charge in [0, 0.05) is 44.1 Å². The summed E-state index contributed by atoms with van der Waals surface area (Å²) in [5, 5.41) is 11.3. The second-order valence-corrected chi connectivity index (χ2v) is 13.7. The van der Waals surface area contributed by atoms with Crippen LogP contribution in [0.4, 0.5) is 0 Å². The molecule has 0 saturated carbocycles. The van der Waals surface area contributed by atoms with Gasteiger partial charge in [-0.2, -0.15) is 0 Å². The number of ether oxygens (including phenoxy) is 3. The zero-order valence-corrected chi connectivity index (χ0v) is 28.4. The molecule has 1 unspecified atom stereocenters. The summed E-state index contributed by atoms with van der Waals surface area (Å²) in [6, 6.07) is 3.20. The third-order valence-electron chi connectivity index (χ3n) is 10.8. The second-order valence-electron chi connectivity index (χ2n) is 13.7. The molecule has 4 rings (SSSR count). The maximum Gasteiger partial charge on any atom is 0.316 e. The predicted molar refractivity (Wildman–Crippen MR) is 169 cm³/mol. The van der Waals surface area contributed by atoms with Gasteiger partial charge >= 0.3 is 5.97 Å². The van der Waals surface area contributed by atoms with Crippen LogP contribution in [0.2, 0.25) is 0 Å². The van der Waals surface area contributed by atoms with Crippen molar-refractivity contribution in [1.29, 1.82) is 0 Å². The van der Waals surface area contributed by atoms with E-state index < -0.39 is 59.4 Å². The van der Waals surface area contributed by atoms with Gasteiger partial charge in [-0.1, -0.05) is 34.6 Å². The Balaban J connectivity index is 1.64. The molecule has 11 heteroatoms. The van der Waals surface area contributed by atoms with Gasteiger partial charge in [0.15, 0.2) is 5.65 Å². The lowest BCUT2D eigenvalue weighted by atomic mass is 9.70. The molecule has 0 radical (unpaired) electrons. The van der Waals surface area contributed by atoms with Crippen molar-refractivity contribution < 1.29 is 33.7 Å². The molecule has 2 aromatic heterocycles. The van der Waals surface area contributed by atoms with E-state index in [4.69, 9.17) is 14.2 Å². The summed E-state index contributed by atoms with van der Waals surface area (Å²) in [4.78, 5) is 51.9. The highest BCUT2D eigenvalue weighted by molar-refractivity contribution is 5.99. The van der Waals surface area contributed by atoms with E-state index in [0.717, 1.165) is 17.6 Å². The van der Waals surface area contributed by atoms with Crippen LogP contribution in [0.3, 0.4) is 0 Å². The largest absolute Gasteiger partial charge is 0.459 e. The second kappa shape index (κ2) is 13.9. The lowest BCUT2D eigenvalue weighted by Crippen LogP contribution is -2.58. The van der Waals surface area contributed by atoms with Crippen molar-refractivity contribution in [2.45, 2.75) is 117 Å². The van der Waals surface area contributed by atoms with Crippen LogP contribution < -0.4 is 0 Å². The SMILES string of the molecule is CC[C@H]1OC(=O)[C@H](C)C(=O)[C@H](C)[C@@H](C)[C@](C)(OC)C[C@@H](C)C(=O)[C@H](C)[C@H]2N(CCCCn3cnc4cccnc43)C(O)O[C@]12C. The lowest BCUT2D eigenvalue weighted by Gasteiger charge is -2.43. The van der Waals surface area contributed by atoms with Gasteiger partial charge in [0.1, 0.15) is 34.7 Å². The van der Waals surface area contributed by atoms with Crippen LogP contribution in [0.5, 0.6) is 0 Å². The number of esters is 1. The van der Waals surface area contributed by atoms with E-state index in [-0.39, 0.29) is 17.5 Å². The Morgan fingerprint density at radius 1 is 1.02 bits per heavy atom. The number of fused-ring (bicyclic) bond motifs is 2. The maximum absolute atomic E-state index is 14.2. The first kappa shape index (κ1) is 35.1. The minimum atomic E-state index is -1.30. The Labute approximate surface area is 267 Å². The topological polar surface area (TPSA) is 133 Å². The highest BCUT2D eigenvalue weighted by Gasteiger charge is 2.59. The number of cyclic esters (lactones) is 1. The van der Waals surface area contributed by atoms with E-state index in [1.807, 2.05) is 70.1 Å². The summed E-state index contributed by atoms with van der Waals surface area (Å²) in [7, 11) is 1.60. The fraction of sp³-hybridized carbons (Fsp3) is 0.735. The molecular weight excluding hydrogens is 576 g/mol. The molecule has 45 heavy (non-hydrogen) atoms. The number of methoxy groups -OCH3 is 1. The van der Waals surface area contributed by atoms with Gasteiger partial charge in [0.05, 0.1) is 18.0 Å². The zero-order chi connectivity index (χ0) is 33.3. The highest BCUT2D eigenvalue weighted by atomic mass is 16.7. The van der Waals surface area contributed by atoms with E-state index >= 15 is 0 Å². The van der Waals surface area contributed by atoms with Crippen molar-refractivity contribution in [3.8, 4) is 0 Å². The smallest absolute Gasteiger partial charge is 0.316 e. The van der Waals surface area contributed by atoms with Gasteiger partial charge in [-0.3, -0.25) is 14.4 Å². The van der Waals surface area contributed by atoms with E-state index in [9.17, 15) is 19.5 Å². The zero-order valence-electron chi connectivity index (χ0n) is 28.4. The molecule has 0 aliphatic carbocycles. The molecule has 0 bridgehead atoms. The molecule has 10 atom stereocenters. The van der Waals surface area contributed by atoms with Crippen LogP contribution in [-0.4, -0.2) is 85.5 Å². The third-order valence-corrected chi connectivity index (χ3v) is 10.8. The Hall–Kier alpha value is -2.73.